The number of nitrogens with zero attached hydrogens (tertiary/aromatic N) is 2. The molecule has 0 aromatic carbocycles. The van der Waals surface area contributed by atoms with Crippen molar-refractivity contribution in [3.63, 3.8) is 0 Å². The number of thioether (sulfide) groups is 1. The first-order valence-electron chi connectivity index (χ1n) is 4.99. The zero-order chi connectivity index (χ0) is 12.0. The molecule has 0 saturated heterocycles. The predicted molar refractivity (Wildman–Crippen MR) is 56.5 cm³/mol. The van der Waals surface area contributed by atoms with Crippen molar-refractivity contribution in [2.45, 2.75) is 38.0 Å². The van der Waals surface area contributed by atoms with E-state index < -0.39 is 12.5 Å². The molecule has 4 nitrogen and oxygen atoms in total. The lowest BCUT2D eigenvalue weighted by molar-refractivity contribution is -0.00754. The van der Waals surface area contributed by atoms with Crippen LogP contribution in [0.15, 0.2) is 4.52 Å². The van der Waals surface area contributed by atoms with Gasteiger partial charge in [-0.3, -0.25) is 0 Å². The van der Waals surface area contributed by atoms with E-state index in [-0.39, 0.29) is 12.3 Å². The van der Waals surface area contributed by atoms with Gasteiger partial charge in [0.05, 0.1) is 12.2 Å². The van der Waals surface area contributed by atoms with Crippen molar-refractivity contribution in [2.24, 2.45) is 0 Å². The van der Waals surface area contributed by atoms with Crippen LogP contribution in [0.1, 0.15) is 25.1 Å². The molecule has 0 saturated carbocycles. The summed E-state index contributed by atoms with van der Waals surface area (Å²) in [6.07, 6.45) is -3.77. The summed E-state index contributed by atoms with van der Waals surface area (Å²) in [6, 6.07) is 0. The zero-order valence-corrected chi connectivity index (χ0v) is 9.71. The number of aliphatic hydroxyl groups is 1. The Morgan fingerprint density at radius 1 is 1.50 bits per heavy atom. The van der Waals surface area contributed by atoms with Gasteiger partial charge in [0.15, 0.2) is 5.82 Å². The number of aromatic nitrogens is 2. The molecule has 92 valence electrons. The summed E-state index contributed by atoms with van der Waals surface area (Å²) in [5.41, 5.74) is 0. The van der Waals surface area contributed by atoms with Crippen molar-refractivity contribution >= 4 is 11.8 Å². The Balaban J connectivity index is 2.39. The van der Waals surface area contributed by atoms with E-state index in [0.717, 1.165) is 12.2 Å². The van der Waals surface area contributed by atoms with E-state index in [1.807, 2.05) is 0 Å². The van der Waals surface area contributed by atoms with Gasteiger partial charge in [-0.05, 0) is 12.2 Å². The van der Waals surface area contributed by atoms with E-state index in [0.29, 0.717) is 11.6 Å². The summed E-state index contributed by atoms with van der Waals surface area (Å²) in [5.74, 6) is 2.13. The lowest BCUT2D eigenvalue weighted by Gasteiger charge is -2.04. The van der Waals surface area contributed by atoms with Crippen molar-refractivity contribution in [1.82, 2.24) is 10.1 Å². The second-order valence-electron chi connectivity index (χ2n) is 3.26. The fraction of sp³-hybridized carbons (Fsp3) is 0.778. The van der Waals surface area contributed by atoms with Crippen molar-refractivity contribution < 1.29 is 18.4 Å². The minimum Gasteiger partial charge on any atom is -0.387 e. The summed E-state index contributed by atoms with van der Waals surface area (Å²) in [4.78, 5) is 3.91. The maximum atomic E-state index is 12.0. The molecular weight excluding hydrogens is 238 g/mol. The molecule has 0 aliphatic rings. The van der Waals surface area contributed by atoms with Crippen LogP contribution in [0.25, 0.3) is 0 Å². The van der Waals surface area contributed by atoms with Gasteiger partial charge in [-0.15, -0.1) is 0 Å². The van der Waals surface area contributed by atoms with Crippen LogP contribution in [0.5, 0.6) is 0 Å². The van der Waals surface area contributed by atoms with Gasteiger partial charge < -0.3 is 9.63 Å². The summed E-state index contributed by atoms with van der Waals surface area (Å²) < 4.78 is 28.8. The van der Waals surface area contributed by atoms with E-state index in [4.69, 9.17) is 9.63 Å². The van der Waals surface area contributed by atoms with Gasteiger partial charge >= 0.3 is 0 Å². The number of hydrogen-bond acceptors (Lipinski definition) is 5. The summed E-state index contributed by atoms with van der Waals surface area (Å²) in [7, 11) is 0. The molecule has 1 atom stereocenters. The largest absolute Gasteiger partial charge is 0.387 e. The second-order valence-corrected chi connectivity index (χ2v) is 4.37. The van der Waals surface area contributed by atoms with Crippen LogP contribution in [-0.2, 0) is 12.2 Å². The van der Waals surface area contributed by atoms with E-state index in [9.17, 15) is 8.78 Å². The molecular formula is C9H14F2N2O2S. The third-order valence-corrected chi connectivity index (χ3v) is 2.92. The highest BCUT2D eigenvalue weighted by molar-refractivity contribution is 7.98. The van der Waals surface area contributed by atoms with E-state index in [2.05, 4.69) is 17.1 Å². The van der Waals surface area contributed by atoms with E-state index in [1.54, 1.807) is 11.8 Å². The fourth-order valence-electron chi connectivity index (χ4n) is 1.01. The average molecular weight is 252 g/mol. The SMILES string of the molecule is CCCSCc1noc(CC(O)C(F)F)n1. The standard InChI is InChI=1S/C9H14F2N2O2S/c1-2-3-16-5-7-12-8(15-13-7)4-6(14)9(10)11/h6,9,14H,2-5H2,1H3. The molecule has 1 heterocycles. The Morgan fingerprint density at radius 3 is 2.88 bits per heavy atom. The van der Waals surface area contributed by atoms with Gasteiger partial charge in [0, 0.05) is 0 Å². The molecule has 1 N–H and O–H groups in total. The van der Waals surface area contributed by atoms with E-state index >= 15 is 0 Å². The van der Waals surface area contributed by atoms with E-state index in [1.165, 1.54) is 0 Å². The average Bonchev–Trinajstić information content (AvgIpc) is 2.66. The smallest absolute Gasteiger partial charge is 0.264 e. The number of halogens is 2. The lowest BCUT2D eigenvalue weighted by Crippen LogP contribution is -2.20. The molecule has 1 aromatic rings. The molecule has 0 fully saturated rings. The lowest BCUT2D eigenvalue weighted by atomic mass is 10.2. The van der Waals surface area contributed by atoms with Gasteiger partial charge in [0.1, 0.15) is 6.10 Å². The predicted octanol–water partition coefficient (Wildman–Crippen LogP) is 1.88. The minimum absolute atomic E-state index is 0.0555. The van der Waals surface area contributed by atoms with Crippen LogP contribution < -0.4 is 0 Å². The van der Waals surface area contributed by atoms with Crippen molar-refractivity contribution in [3.05, 3.63) is 11.7 Å². The minimum atomic E-state index is -2.79. The maximum Gasteiger partial charge on any atom is 0.264 e. The van der Waals surface area contributed by atoms with Crippen molar-refractivity contribution in [3.8, 4) is 0 Å². The third kappa shape index (κ3) is 4.44. The van der Waals surface area contributed by atoms with Crippen LogP contribution in [0.3, 0.4) is 0 Å². The number of hydrogen-bond donors (Lipinski definition) is 1. The van der Waals surface area contributed by atoms with Gasteiger partial charge in [-0.2, -0.15) is 16.7 Å². The summed E-state index contributed by atoms with van der Waals surface area (Å²) >= 11 is 1.65. The van der Waals surface area contributed by atoms with Crippen LogP contribution in [0, 0.1) is 0 Å². The molecule has 16 heavy (non-hydrogen) atoms. The van der Waals surface area contributed by atoms with Crippen LogP contribution >= 0.6 is 11.8 Å². The van der Waals surface area contributed by atoms with Gasteiger partial charge in [-0.1, -0.05) is 12.1 Å². The van der Waals surface area contributed by atoms with Crippen molar-refractivity contribution in [2.75, 3.05) is 5.75 Å². The molecule has 0 aliphatic heterocycles. The number of rotatable bonds is 7. The highest BCUT2D eigenvalue weighted by Gasteiger charge is 2.20. The number of aliphatic hydroxyl groups excluding tert-OH is 1. The molecule has 0 amide bonds. The molecule has 0 spiro atoms. The van der Waals surface area contributed by atoms with Crippen LogP contribution in [0.4, 0.5) is 8.78 Å². The van der Waals surface area contributed by atoms with Gasteiger partial charge in [-0.25, -0.2) is 8.78 Å². The Morgan fingerprint density at radius 2 is 2.25 bits per heavy atom. The molecule has 0 aliphatic carbocycles. The second kappa shape index (κ2) is 6.80. The molecule has 1 unspecified atom stereocenters. The third-order valence-electron chi connectivity index (χ3n) is 1.76. The Kier molecular flexibility index (Phi) is 5.68. The Bertz CT molecular complexity index is 309. The molecule has 1 aromatic heterocycles. The fourth-order valence-corrected chi connectivity index (χ4v) is 1.74. The first kappa shape index (κ1) is 13.4. The monoisotopic (exact) mass is 252 g/mol. The Hall–Kier alpha value is -0.690. The van der Waals surface area contributed by atoms with Crippen LogP contribution in [-0.4, -0.2) is 33.5 Å². The quantitative estimate of drug-likeness (QED) is 0.751. The molecule has 0 bridgehead atoms. The highest BCUT2D eigenvalue weighted by atomic mass is 32.2. The topological polar surface area (TPSA) is 59.2 Å². The zero-order valence-electron chi connectivity index (χ0n) is 8.90. The Labute approximate surface area is 96.4 Å². The normalized spacial score (nSPS) is 13.3. The molecule has 0 radical (unpaired) electrons. The number of alkyl halides is 2. The first-order chi connectivity index (χ1) is 7.63. The first-order valence-corrected chi connectivity index (χ1v) is 6.14. The van der Waals surface area contributed by atoms with Crippen molar-refractivity contribution in [1.29, 1.82) is 0 Å². The van der Waals surface area contributed by atoms with Gasteiger partial charge in [0.25, 0.3) is 6.43 Å². The molecule has 7 heteroatoms. The van der Waals surface area contributed by atoms with Gasteiger partial charge in [0.2, 0.25) is 5.89 Å². The highest BCUT2D eigenvalue weighted by Crippen LogP contribution is 2.12. The maximum absolute atomic E-state index is 12.0. The van der Waals surface area contributed by atoms with Crippen LogP contribution in [0.2, 0.25) is 0 Å². The summed E-state index contributed by atoms with van der Waals surface area (Å²) in [5, 5.41) is 12.6. The molecule has 1 rings (SSSR count). The summed E-state index contributed by atoms with van der Waals surface area (Å²) in [6.45, 7) is 2.06.